The van der Waals surface area contributed by atoms with Crippen molar-refractivity contribution in [2.24, 2.45) is 5.92 Å². The van der Waals surface area contributed by atoms with Gasteiger partial charge < -0.3 is 9.80 Å². The van der Waals surface area contributed by atoms with E-state index >= 15 is 0 Å². The van der Waals surface area contributed by atoms with Crippen LogP contribution >= 0.6 is 23.4 Å². The highest BCUT2D eigenvalue weighted by molar-refractivity contribution is 7.99. The molecule has 0 spiro atoms. The standard InChI is InChI=1S/C28H34ClN5O2S/c1-19(2)27(36)33-15-14-32(18-21(33)4)25(35)9-6-16-37-28-31-30-26(22-12-10-20(3)11-13-22)34(28)24-8-5-7-23(29)17-24/h5,7-8,10-13,17,19,21H,6,9,14-16,18H2,1-4H3. The molecule has 4 rings (SSSR count). The number of aryl methyl sites for hydroxylation is 1. The third kappa shape index (κ3) is 6.54. The van der Waals surface area contributed by atoms with Crippen LogP contribution in [0.1, 0.15) is 39.2 Å². The van der Waals surface area contributed by atoms with E-state index in [4.69, 9.17) is 11.6 Å². The lowest BCUT2D eigenvalue weighted by Crippen LogP contribution is -2.56. The maximum absolute atomic E-state index is 12.9. The first-order valence-electron chi connectivity index (χ1n) is 12.7. The Labute approximate surface area is 228 Å². The summed E-state index contributed by atoms with van der Waals surface area (Å²) in [5.41, 5.74) is 3.05. The van der Waals surface area contributed by atoms with Crippen LogP contribution in [0, 0.1) is 12.8 Å². The minimum atomic E-state index is -0.0257. The van der Waals surface area contributed by atoms with Crippen molar-refractivity contribution in [3.05, 3.63) is 59.1 Å². The number of rotatable bonds is 8. The summed E-state index contributed by atoms with van der Waals surface area (Å²) >= 11 is 7.88. The van der Waals surface area contributed by atoms with Gasteiger partial charge in [-0.3, -0.25) is 14.2 Å². The molecule has 1 aliphatic rings. The summed E-state index contributed by atoms with van der Waals surface area (Å²) in [6.07, 6.45) is 1.19. The molecule has 37 heavy (non-hydrogen) atoms. The Kier molecular flexibility index (Phi) is 8.92. The molecule has 1 atom stereocenters. The number of aromatic nitrogens is 3. The first-order valence-corrected chi connectivity index (χ1v) is 14.1. The molecule has 1 aliphatic heterocycles. The lowest BCUT2D eigenvalue weighted by Gasteiger charge is -2.40. The lowest BCUT2D eigenvalue weighted by molar-refractivity contribution is -0.144. The number of benzene rings is 2. The second kappa shape index (κ2) is 12.1. The number of hydrogen-bond donors (Lipinski definition) is 0. The molecule has 1 aromatic heterocycles. The van der Waals surface area contributed by atoms with E-state index in [1.807, 2.05) is 71.5 Å². The van der Waals surface area contributed by atoms with E-state index in [1.54, 1.807) is 11.8 Å². The summed E-state index contributed by atoms with van der Waals surface area (Å²) in [4.78, 5) is 29.1. The highest BCUT2D eigenvalue weighted by atomic mass is 35.5. The number of amides is 2. The van der Waals surface area contributed by atoms with E-state index < -0.39 is 0 Å². The van der Waals surface area contributed by atoms with E-state index in [0.29, 0.717) is 31.1 Å². The fraction of sp³-hybridized carbons (Fsp3) is 0.429. The SMILES string of the molecule is Cc1ccc(-c2nnc(SCCCC(=O)N3CCN(C(=O)C(C)C)C(C)C3)n2-c2cccc(Cl)c2)cc1. The topological polar surface area (TPSA) is 71.3 Å². The van der Waals surface area contributed by atoms with Crippen molar-refractivity contribution >= 4 is 35.2 Å². The van der Waals surface area contributed by atoms with Gasteiger partial charge in [-0.05, 0) is 38.5 Å². The number of nitrogens with zero attached hydrogens (tertiary/aromatic N) is 5. The van der Waals surface area contributed by atoms with Crippen molar-refractivity contribution in [3.8, 4) is 17.1 Å². The van der Waals surface area contributed by atoms with Crippen LogP contribution < -0.4 is 0 Å². The molecular formula is C28H34ClN5O2S. The van der Waals surface area contributed by atoms with E-state index in [-0.39, 0.29) is 23.8 Å². The zero-order chi connectivity index (χ0) is 26.5. The zero-order valence-corrected chi connectivity index (χ0v) is 23.4. The number of piperazine rings is 1. The van der Waals surface area contributed by atoms with Crippen LogP contribution in [-0.4, -0.2) is 67.8 Å². The fourth-order valence-corrected chi connectivity index (χ4v) is 5.56. The lowest BCUT2D eigenvalue weighted by atomic mass is 10.1. The summed E-state index contributed by atoms with van der Waals surface area (Å²) in [5.74, 6) is 1.76. The largest absolute Gasteiger partial charge is 0.339 e. The maximum Gasteiger partial charge on any atom is 0.225 e. The van der Waals surface area contributed by atoms with Gasteiger partial charge in [0.1, 0.15) is 0 Å². The maximum atomic E-state index is 12.9. The molecule has 2 amide bonds. The average molecular weight is 540 g/mol. The molecule has 2 heterocycles. The van der Waals surface area contributed by atoms with Crippen molar-refractivity contribution in [2.75, 3.05) is 25.4 Å². The molecule has 196 valence electrons. The molecule has 1 fully saturated rings. The van der Waals surface area contributed by atoms with Crippen molar-refractivity contribution in [3.63, 3.8) is 0 Å². The van der Waals surface area contributed by atoms with Crippen molar-refractivity contribution in [1.82, 2.24) is 24.6 Å². The Morgan fingerprint density at radius 3 is 2.54 bits per heavy atom. The van der Waals surface area contributed by atoms with Crippen LogP contribution in [0.3, 0.4) is 0 Å². The summed E-state index contributed by atoms with van der Waals surface area (Å²) in [6.45, 7) is 9.69. The first-order chi connectivity index (χ1) is 17.7. The number of hydrogen-bond acceptors (Lipinski definition) is 5. The quantitative estimate of drug-likeness (QED) is 0.280. The molecule has 0 radical (unpaired) electrons. The number of carbonyl (C=O) groups is 2. The average Bonchev–Trinajstić information content (AvgIpc) is 3.30. The Bertz CT molecular complexity index is 1240. The van der Waals surface area contributed by atoms with Gasteiger partial charge >= 0.3 is 0 Å². The van der Waals surface area contributed by atoms with Crippen molar-refractivity contribution in [1.29, 1.82) is 0 Å². The van der Waals surface area contributed by atoms with E-state index in [0.717, 1.165) is 34.4 Å². The molecule has 3 aromatic rings. The molecule has 0 N–H and O–H groups in total. The summed E-state index contributed by atoms with van der Waals surface area (Å²) in [6, 6.07) is 15.9. The molecule has 0 bridgehead atoms. The molecule has 2 aromatic carbocycles. The van der Waals surface area contributed by atoms with Gasteiger partial charge in [0, 0.05) is 54.4 Å². The van der Waals surface area contributed by atoms with Crippen LogP contribution in [0.5, 0.6) is 0 Å². The van der Waals surface area contributed by atoms with Gasteiger partial charge in [0.2, 0.25) is 11.8 Å². The Hall–Kier alpha value is -2.84. The van der Waals surface area contributed by atoms with E-state index in [1.165, 1.54) is 5.56 Å². The highest BCUT2D eigenvalue weighted by Crippen LogP contribution is 2.30. The first kappa shape index (κ1) is 27.2. The monoisotopic (exact) mass is 539 g/mol. The fourth-order valence-electron chi connectivity index (χ4n) is 4.49. The zero-order valence-electron chi connectivity index (χ0n) is 21.9. The minimum absolute atomic E-state index is 0.0257. The third-order valence-electron chi connectivity index (χ3n) is 6.53. The van der Waals surface area contributed by atoms with Crippen LogP contribution in [0.25, 0.3) is 17.1 Å². The second-order valence-corrected chi connectivity index (χ2v) is 11.3. The smallest absolute Gasteiger partial charge is 0.225 e. The second-order valence-electron chi connectivity index (χ2n) is 9.81. The van der Waals surface area contributed by atoms with E-state index in [9.17, 15) is 9.59 Å². The molecule has 7 nitrogen and oxygen atoms in total. The molecule has 1 unspecified atom stereocenters. The normalized spacial score (nSPS) is 15.9. The van der Waals surface area contributed by atoms with Crippen LogP contribution in [0.4, 0.5) is 0 Å². The Morgan fingerprint density at radius 1 is 1.11 bits per heavy atom. The Balaban J connectivity index is 1.39. The van der Waals surface area contributed by atoms with Crippen molar-refractivity contribution in [2.45, 2.75) is 51.7 Å². The molecule has 9 heteroatoms. The Morgan fingerprint density at radius 2 is 1.86 bits per heavy atom. The van der Waals surface area contributed by atoms with Gasteiger partial charge in [-0.2, -0.15) is 0 Å². The highest BCUT2D eigenvalue weighted by Gasteiger charge is 2.30. The van der Waals surface area contributed by atoms with Gasteiger partial charge in [0.25, 0.3) is 0 Å². The van der Waals surface area contributed by atoms with Gasteiger partial charge in [0.05, 0.1) is 5.69 Å². The third-order valence-corrected chi connectivity index (χ3v) is 7.78. The number of carbonyl (C=O) groups excluding carboxylic acids is 2. The van der Waals surface area contributed by atoms with Gasteiger partial charge in [0.15, 0.2) is 11.0 Å². The summed E-state index contributed by atoms with van der Waals surface area (Å²) in [5, 5.41) is 10.4. The van der Waals surface area contributed by atoms with E-state index in [2.05, 4.69) is 29.3 Å². The molecule has 0 aliphatic carbocycles. The molecule has 0 saturated carbocycles. The van der Waals surface area contributed by atoms with Gasteiger partial charge in [-0.25, -0.2) is 0 Å². The number of halogens is 1. The summed E-state index contributed by atoms with van der Waals surface area (Å²) in [7, 11) is 0. The minimum Gasteiger partial charge on any atom is -0.339 e. The summed E-state index contributed by atoms with van der Waals surface area (Å²) < 4.78 is 2.02. The predicted octanol–water partition coefficient (Wildman–Crippen LogP) is 5.48. The van der Waals surface area contributed by atoms with Gasteiger partial charge in [-0.1, -0.05) is 73.1 Å². The predicted molar refractivity (Wildman–Crippen MR) is 149 cm³/mol. The molecule has 1 saturated heterocycles. The number of thioether (sulfide) groups is 1. The van der Waals surface area contributed by atoms with Crippen LogP contribution in [-0.2, 0) is 9.59 Å². The van der Waals surface area contributed by atoms with Crippen LogP contribution in [0.15, 0.2) is 53.7 Å². The van der Waals surface area contributed by atoms with Crippen LogP contribution in [0.2, 0.25) is 5.02 Å². The van der Waals surface area contributed by atoms with Crippen molar-refractivity contribution < 1.29 is 9.59 Å². The van der Waals surface area contributed by atoms with Gasteiger partial charge in [-0.15, -0.1) is 10.2 Å². The molecular weight excluding hydrogens is 506 g/mol.